The van der Waals surface area contributed by atoms with Crippen LogP contribution in [-0.4, -0.2) is 17.1 Å². The van der Waals surface area contributed by atoms with Gasteiger partial charge in [-0.2, -0.15) is 0 Å². The average Bonchev–Trinajstić information content (AvgIpc) is 3.23. The van der Waals surface area contributed by atoms with Crippen molar-refractivity contribution in [3.05, 3.63) is 65.5 Å². The molecule has 24 heavy (non-hydrogen) atoms. The van der Waals surface area contributed by atoms with Gasteiger partial charge in [-0.1, -0.05) is 35.5 Å². The molecule has 1 N–H and O–H groups in total. The molecule has 1 atom stereocenters. The van der Waals surface area contributed by atoms with Crippen molar-refractivity contribution in [1.29, 1.82) is 0 Å². The predicted octanol–water partition coefficient (Wildman–Crippen LogP) is 3.99. The van der Waals surface area contributed by atoms with Gasteiger partial charge in [0.1, 0.15) is 5.56 Å². The van der Waals surface area contributed by atoms with E-state index in [1.807, 2.05) is 25.1 Å². The molecule has 0 spiro atoms. The van der Waals surface area contributed by atoms with E-state index in [0.717, 1.165) is 12.8 Å². The number of hydrogen-bond donors (Lipinski definition) is 1. The fourth-order valence-corrected chi connectivity index (χ4v) is 2.61. The zero-order valence-corrected chi connectivity index (χ0v) is 13.8. The molecule has 0 aliphatic heterocycles. The fraction of sp³-hybridized carbons (Fsp3) is 0.263. The third-order valence-electron chi connectivity index (χ3n) is 3.92. The molecule has 3 rings (SSSR count). The Balaban J connectivity index is 1.66. The van der Waals surface area contributed by atoms with Crippen LogP contribution in [0.15, 0.2) is 57.7 Å². The second-order valence-corrected chi connectivity index (χ2v) is 5.85. The van der Waals surface area contributed by atoms with Crippen LogP contribution in [0.3, 0.4) is 0 Å². The Labute approximate surface area is 140 Å². The number of furan rings is 1. The van der Waals surface area contributed by atoms with Crippen molar-refractivity contribution < 1.29 is 13.7 Å². The van der Waals surface area contributed by atoms with Crippen LogP contribution in [0.25, 0.3) is 11.5 Å². The fourth-order valence-electron chi connectivity index (χ4n) is 2.61. The second-order valence-electron chi connectivity index (χ2n) is 5.85. The summed E-state index contributed by atoms with van der Waals surface area (Å²) in [7, 11) is 0. The maximum absolute atomic E-state index is 12.6. The SMILES string of the molecule is Cc1noc(-c2ccco2)c1C(=O)NC(C)CCc1ccccc1. The van der Waals surface area contributed by atoms with Crippen LogP contribution in [0.2, 0.25) is 0 Å². The molecule has 0 aliphatic carbocycles. The number of aryl methyl sites for hydroxylation is 2. The summed E-state index contributed by atoms with van der Waals surface area (Å²) in [5.74, 6) is 0.670. The number of carbonyl (C=O) groups excluding carboxylic acids is 1. The highest BCUT2D eigenvalue weighted by molar-refractivity contribution is 6.00. The van der Waals surface area contributed by atoms with Crippen LogP contribution < -0.4 is 5.32 Å². The molecule has 0 saturated heterocycles. The van der Waals surface area contributed by atoms with E-state index in [9.17, 15) is 4.79 Å². The summed E-state index contributed by atoms with van der Waals surface area (Å²) in [5.41, 5.74) is 2.24. The van der Waals surface area contributed by atoms with Gasteiger partial charge in [0.2, 0.25) is 5.76 Å². The first kappa shape index (κ1) is 16.1. The van der Waals surface area contributed by atoms with Gasteiger partial charge in [-0.25, -0.2) is 0 Å². The number of nitrogens with one attached hydrogen (secondary N) is 1. The molecular formula is C19H20N2O3. The average molecular weight is 324 g/mol. The molecule has 0 aliphatic rings. The van der Waals surface area contributed by atoms with E-state index < -0.39 is 0 Å². The number of aromatic nitrogens is 1. The summed E-state index contributed by atoms with van der Waals surface area (Å²) in [5, 5.41) is 6.91. The molecule has 1 aromatic carbocycles. The maximum atomic E-state index is 12.6. The number of hydrogen-bond acceptors (Lipinski definition) is 4. The van der Waals surface area contributed by atoms with E-state index in [0.29, 0.717) is 22.8 Å². The summed E-state index contributed by atoms with van der Waals surface area (Å²) in [6.07, 6.45) is 3.31. The monoisotopic (exact) mass is 324 g/mol. The first-order chi connectivity index (χ1) is 11.6. The summed E-state index contributed by atoms with van der Waals surface area (Å²) >= 11 is 0. The third kappa shape index (κ3) is 3.56. The zero-order valence-electron chi connectivity index (χ0n) is 13.8. The molecule has 124 valence electrons. The lowest BCUT2D eigenvalue weighted by atomic mass is 10.1. The van der Waals surface area contributed by atoms with Crippen LogP contribution >= 0.6 is 0 Å². The van der Waals surface area contributed by atoms with Crippen molar-refractivity contribution in [3.63, 3.8) is 0 Å². The Kier molecular flexibility index (Phi) is 4.79. The number of carbonyl (C=O) groups is 1. The van der Waals surface area contributed by atoms with Crippen LogP contribution in [0.1, 0.15) is 35.0 Å². The highest BCUT2D eigenvalue weighted by atomic mass is 16.5. The Morgan fingerprint density at radius 2 is 2.00 bits per heavy atom. The van der Waals surface area contributed by atoms with E-state index in [1.165, 1.54) is 11.8 Å². The number of rotatable bonds is 6. The van der Waals surface area contributed by atoms with Gasteiger partial charge in [-0.05, 0) is 44.4 Å². The van der Waals surface area contributed by atoms with E-state index in [4.69, 9.17) is 8.94 Å². The maximum Gasteiger partial charge on any atom is 0.257 e. The van der Waals surface area contributed by atoms with E-state index in [1.54, 1.807) is 19.1 Å². The van der Waals surface area contributed by atoms with Gasteiger partial charge in [0.25, 0.3) is 5.91 Å². The highest BCUT2D eigenvalue weighted by Crippen LogP contribution is 2.26. The van der Waals surface area contributed by atoms with Gasteiger partial charge < -0.3 is 14.3 Å². The van der Waals surface area contributed by atoms with Crippen molar-refractivity contribution in [2.24, 2.45) is 0 Å². The zero-order chi connectivity index (χ0) is 16.9. The Morgan fingerprint density at radius 1 is 1.21 bits per heavy atom. The van der Waals surface area contributed by atoms with Gasteiger partial charge >= 0.3 is 0 Å². The molecular weight excluding hydrogens is 304 g/mol. The van der Waals surface area contributed by atoms with Crippen LogP contribution in [0.5, 0.6) is 0 Å². The number of benzene rings is 1. The molecule has 1 unspecified atom stereocenters. The van der Waals surface area contributed by atoms with Crippen LogP contribution in [0, 0.1) is 6.92 Å². The van der Waals surface area contributed by atoms with Gasteiger partial charge in [0.05, 0.1) is 12.0 Å². The topological polar surface area (TPSA) is 68.3 Å². The standard InChI is InChI=1S/C19H20N2O3/c1-13(10-11-15-7-4-3-5-8-15)20-19(22)17-14(2)21-24-18(17)16-9-6-12-23-16/h3-9,12-13H,10-11H2,1-2H3,(H,20,22). The van der Waals surface area contributed by atoms with Crippen molar-refractivity contribution in [2.45, 2.75) is 32.7 Å². The first-order valence-corrected chi connectivity index (χ1v) is 8.00. The highest BCUT2D eigenvalue weighted by Gasteiger charge is 2.24. The van der Waals surface area contributed by atoms with Crippen molar-refractivity contribution in [3.8, 4) is 11.5 Å². The lowest BCUT2D eigenvalue weighted by Crippen LogP contribution is -2.33. The molecule has 0 radical (unpaired) electrons. The van der Waals surface area contributed by atoms with Crippen LogP contribution in [0.4, 0.5) is 0 Å². The molecule has 3 aromatic rings. The second kappa shape index (κ2) is 7.17. The van der Waals surface area contributed by atoms with E-state index in [2.05, 4.69) is 22.6 Å². The van der Waals surface area contributed by atoms with Gasteiger partial charge in [-0.15, -0.1) is 0 Å². The van der Waals surface area contributed by atoms with Crippen molar-refractivity contribution >= 4 is 5.91 Å². The Bertz CT molecular complexity index is 791. The third-order valence-corrected chi connectivity index (χ3v) is 3.92. The minimum atomic E-state index is -0.194. The summed E-state index contributed by atoms with van der Waals surface area (Å²) in [6.45, 7) is 3.75. The molecule has 2 heterocycles. The molecule has 0 fully saturated rings. The van der Waals surface area contributed by atoms with Crippen molar-refractivity contribution in [1.82, 2.24) is 10.5 Å². The molecule has 5 heteroatoms. The largest absolute Gasteiger partial charge is 0.461 e. The Morgan fingerprint density at radius 3 is 2.71 bits per heavy atom. The molecule has 5 nitrogen and oxygen atoms in total. The Hall–Kier alpha value is -2.82. The minimum absolute atomic E-state index is 0.0384. The smallest absolute Gasteiger partial charge is 0.257 e. The number of amides is 1. The lowest BCUT2D eigenvalue weighted by Gasteiger charge is -2.13. The summed E-state index contributed by atoms with van der Waals surface area (Å²) < 4.78 is 10.6. The van der Waals surface area contributed by atoms with Crippen molar-refractivity contribution in [2.75, 3.05) is 0 Å². The first-order valence-electron chi connectivity index (χ1n) is 8.00. The molecule has 1 amide bonds. The molecule has 2 aromatic heterocycles. The van der Waals surface area contributed by atoms with E-state index in [-0.39, 0.29) is 11.9 Å². The molecule has 0 bridgehead atoms. The molecule has 0 saturated carbocycles. The summed E-state index contributed by atoms with van der Waals surface area (Å²) in [6, 6.07) is 13.8. The normalized spacial score (nSPS) is 12.1. The van der Waals surface area contributed by atoms with Gasteiger partial charge in [-0.3, -0.25) is 4.79 Å². The van der Waals surface area contributed by atoms with Crippen LogP contribution in [-0.2, 0) is 6.42 Å². The van der Waals surface area contributed by atoms with Gasteiger partial charge in [0.15, 0.2) is 5.76 Å². The lowest BCUT2D eigenvalue weighted by molar-refractivity contribution is 0.0938. The van der Waals surface area contributed by atoms with E-state index >= 15 is 0 Å². The number of nitrogens with zero attached hydrogens (tertiary/aromatic N) is 1. The van der Waals surface area contributed by atoms with Gasteiger partial charge in [0, 0.05) is 6.04 Å². The minimum Gasteiger partial charge on any atom is -0.461 e. The predicted molar refractivity (Wildman–Crippen MR) is 90.6 cm³/mol. The summed E-state index contributed by atoms with van der Waals surface area (Å²) in [4.78, 5) is 12.6. The quantitative estimate of drug-likeness (QED) is 0.744.